The number of likely N-dealkylation sites (tertiary alicyclic amines) is 1. The lowest BCUT2D eigenvalue weighted by Gasteiger charge is -2.24. The lowest BCUT2D eigenvalue weighted by Crippen LogP contribution is -2.37. The van der Waals surface area contributed by atoms with Crippen LogP contribution in [0.3, 0.4) is 0 Å². The zero-order chi connectivity index (χ0) is 13.1. The van der Waals surface area contributed by atoms with E-state index in [1.54, 1.807) is 0 Å². The number of benzene rings is 1. The molecule has 2 fully saturated rings. The van der Waals surface area contributed by atoms with Crippen LogP contribution in [0.1, 0.15) is 37.3 Å². The maximum atomic E-state index is 12.0. The van der Waals surface area contributed by atoms with Gasteiger partial charge in [0.1, 0.15) is 0 Å². The van der Waals surface area contributed by atoms with Crippen molar-refractivity contribution in [2.24, 2.45) is 5.92 Å². The SMILES string of the molecule is O=C(CN1CCCC1c1ccccc1)NCC1CC1. The normalized spacial score (nSPS) is 23.5. The number of amides is 1. The Morgan fingerprint density at radius 1 is 1.21 bits per heavy atom. The second kappa shape index (κ2) is 5.74. The van der Waals surface area contributed by atoms with Crippen LogP contribution in [0.25, 0.3) is 0 Å². The number of carbonyl (C=O) groups is 1. The van der Waals surface area contributed by atoms with Crippen LogP contribution in [-0.2, 0) is 4.79 Å². The molecule has 3 nitrogen and oxygen atoms in total. The fourth-order valence-electron chi connectivity index (χ4n) is 2.89. The minimum Gasteiger partial charge on any atom is -0.355 e. The molecule has 0 bridgehead atoms. The summed E-state index contributed by atoms with van der Waals surface area (Å²) in [5, 5.41) is 3.06. The Morgan fingerprint density at radius 2 is 2.00 bits per heavy atom. The summed E-state index contributed by atoms with van der Waals surface area (Å²) in [5.41, 5.74) is 1.34. The molecule has 1 unspecified atom stereocenters. The summed E-state index contributed by atoms with van der Waals surface area (Å²) < 4.78 is 0. The smallest absolute Gasteiger partial charge is 0.234 e. The molecule has 1 heterocycles. The molecule has 1 aliphatic carbocycles. The van der Waals surface area contributed by atoms with Gasteiger partial charge in [-0.2, -0.15) is 0 Å². The molecule has 1 aromatic rings. The molecule has 1 amide bonds. The van der Waals surface area contributed by atoms with Crippen molar-refractivity contribution in [3.05, 3.63) is 35.9 Å². The van der Waals surface area contributed by atoms with Gasteiger partial charge in [0.2, 0.25) is 5.91 Å². The quantitative estimate of drug-likeness (QED) is 0.879. The van der Waals surface area contributed by atoms with Crippen molar-refractivity contribution >= 4 is 5.91 Å². The Labute approximate surface area is 115 Å². The van der Waals surface area contributed by atoms with Gasteiger partial charge in [-0.3, -0.25) is 9.69 Å². The van der Waals surface area contributed by atoms with Crippen LogP contribution in [0.5, 0.6) is 0 Å². The van der Waals surface area contributed by atoms with E-state index >= 15 is 0 Å². The van der Waals surface area contributed by atoms with Crippen LogP contribution in [-0.4, -0.2) is 30.4 Å². The molecule has 0 aromatic heterocycles. The van der Waals surface area contributed by atoms with Gasteiger partial charge in [-0.05, 0) is 43.7 Å². The summed E-state index contributed by atoms with van der Waals surface area (Å²) in [5.74, 6) is 0.946. The Balaban J connectivity index is 1.55. The molecule has 1 aliphatic heterocycles. The van der Waals surface area contributed by atoms with Crippen molar-refractivity contribution in [1.29, 1.82) is 0 Å². The number of nitrogens with one attached hydrogen (secondary N) is 1. The van der Waals surface area contributed by atoms with Crippen molar-refractivity contribution in [2.75, 3.05) is 19.6 Å². The molecule has 3 rings (SSSR count). The van der Waals surface area contributed by atoms with Gasteiger partial charge in [0, 0.05) is 12.6 Å². The zero-order valence-electron chi connectivity index (χ0n) is 11.3. The standard InChI is InChI=1S/C16H22N2O/c19-16(17-11-13-8-9-13)12-18-10-4-7-15(18)14-5-2-1-3-6-14/h1-3,5-6,13,15H,4,7-12H2,(H,17,19). The third kappa shape index (κ3) is 3.35. The Kier molecular flexibility index (Phi) is 3.83. The van der Waals surface area contributed by atoms with Crippen molar-refractivity contribution in [3.8, 4) is 0 Å². The third-order valence-electron chi connectivity index (χ3n) is 4.18. The summed E-state index contributed by atoms with van der Waals surface area (Å²) in [6, 6.07) is 11.0. The van der Waals surface area contributed by atoms with Gasteiger partial charge in [-0.15, -0.1) is 0 Å². The van der Waals surface area contributed by atoms with E-state index in [1.165, 1.54) is 31.2 Å². The molecule has 1 saturated heterocycles. The third-order valence-corrected chi connectivity index (χ3v) is 4.18. The molecular weight excluding hydrogens is 236 g/mol. The van der Waals surface area contributed by atoms with Crippen LogP contribution >= 0.6 is 0 Å². The van der Waals surface area contributed by atoms with Crippen molar-refractivity contribution in [3.63, 3.8) is 0 Å². The van der Waals surface area contributed by atoms with E-state index in [0.717, 1.165) is 19.0 Å². The highest BCUT2D eigenvalue weighted by atomic mass is 16.2. The first-order valence-corrected chi connectivity index (χ1v) is 7.38. The topological polar surface area (TPSA) is 32.3 Å². The largest absolute Gasteiger partial charge is 0.355 e. The highest BCUT2D eigenvalue weighted by Crippen LogP contribution is 2.31. The number of nitrogens with zero attached hydrogens (tertiary/aromatic N) is 1. The van der Waals surface area contributed by atoms with Crippen LogP contribution < -0.4 is 5.32 Å². The minimum absolute atomic E-state index is 0.190. The van der Waals surface area contributed by atoms with Gasteiger partial charge in [0.05, 0.1) is 6.54 Å². The summed E-state index contributed by atoms with van der Waals surface area (Å²) in [6.45, 7) is 2.46. The predicted molar refractivity (Wildman–Crippen MR) is 75.7 cm³/mol. The second-order valence-electron chi connectivity index (χ2n) is 5.79. The zero-order valence-corrected chi connectivity index (χ0v) is 11.3. The van der Waals surface area contributed by atoms with Gasteiger partial charge in [-0.25, -0.2) is 0 Å². The molecule has 102 valence electrons. The fourth-order valence-corrected chi connectivity index (χ4v) is 2.89. The molecule has 2 aliphatic rings. The van der Waals surface area contributed by atoms with Gasteiger partial charge < -0.3 is 5.32 Å². The molecule has 1 atom stereocenters. The highest BCUT2D eigenvalue weighted by molar-refractivity contribution is 5.78. The minimum atomic E-state index is 0.190. The van der Waals surface area contributed by atoms with Crippen molar-refractivity contribution < 1.29 is 4.79 Å². The summed E-state index contributed by atoms with van der Waals surface area (Å²) in [6.07, 6.45) is 4.93. The molecule has 1 saturated carbocycles. The monoisotopic (exact) mass is 258 g/mol. The molecule has 1 aromatic carbocycles. The molecular formula is C16H22N2O. The maximum absolute atomic E-state index is 12.0. The van der Waals surface area contributed by atoms with Crippen LogP contribution in [0.2, 0.25) is 0 Å². The Hall–Kier alpha value is -1.35. The first-order chi connectivity index (χ1) is 9.33. The van der Waals surface area contributed by atoms with E-state index < -0.39 is 0 Å². The predicted octanol–water partition coefficient (Wildman–Crippen LogP) is 2.35. The molecule has 3 heteroatoms. The lowest BCUT2D eigenvalue weighted by molar-refractivity contribution is -0.122. The first-order valence-electron chi connectivity index (χ1n) is 7.38. The molecule has 1 N–H and O–H groups in total. The van der Waals surface area contributed by atoms with Gasteiger partial charge in [0.25, 0.3) is 0 Å². The molecule has 0 spiro atoms. The van der Waals surface area contributed by atoms with E-state index in [9.17, 15) is 4.79 Å². The Bertz CT molecular complexity index is 428. The van der Waals surface area contributed by atoms with Gasteiger partial charge in [-0.1, -0.05) is 30.3 Å². The highest BCUT2D eigenvalue weighted by Gasteiger charge is 2.28. The second-order valence-corrected chi connectivity index (χ2v) is 5.79. The van der Waals surface area contributed by atoms with Crippen LogP contribution in [0.15, 0.2) is 30.3 Å². The summed E-state index contributed by atoms with van der Waals surface area (Å²) in [4.78, 5) is 14.3. The van der Waals surface area contributed by atoms with Crippen molar-refractivity contribution in [2.45, 2.75) is 31.7 Å². The van der Waals surface area contributed by atoms with E-state index in [1.807, 2.05) is 6.07 Å². The fraction of sp³-hybridized carbons (Fsp3) is 0.562. The lowest BCUT2D eigenvalue weighted by atomic mass is 10.0. The van der Waals surface area contributed by atoms with Gasteiger partial charge >= 0.3 is 0 Å². The summed E-state index contributed by atoms with van der Waals surface area (Å²) >= 11 is 0. The number of carbonyl (C=O) groups excluding carboxylic acids is 1. The maximum Gasteiger partial charge on any atom is 0.234 e. The Morgan fingerprint density at radius 3 is 2.74 bits per heavy atom. The average molecular weight is 258 g/mol. The van der Waals surface area contributed by atoms with E-state index in [2.05, 4.69) is 34.5 Å². The van der Waals surface area contributed by atoms with Crippen LogP contribution in [0, 0.1) is 5.92 Å². The number of hydrogen-bond donors (Lipinski definition) is 1. The summed E-state index contributed by atoms with van der Waals surface area (Å²) in [7, 11) is 0. The van der Waals surface area contributed by atoms with Crippen molar-refractivity contribution in [1.82, 2.24) is 10.2 Å². The number of rotatable bonds is 5. The van der Waals surface area contributed by atoms with Gasteiger partial charge in [0.15, 0.2) is 0 Å². The van der Waals surface area contributed by atoms with E-state index in [0.29, 0.717) is 12.6 Å². The van der Waals surface area contributed by atoms with Crippen LogP contribution in [0.4, 0.5) is 0 Å². The molecule has 19 heavy (non-hydrogen) atoms. The van der Waals surface area contributed by atoms with E-state index in [4.69, 9.17) is 0 Å². The average Bonchev–Trinajstić information content (AvgIpc) is 3.16. The number of hydrogen-bond acceptors (Lipinski definition) is 2. The van der Waals surface area contributed by atoms with E-state index in [-0.39, 0.29) is 5.91 Å². The first kappa shape index (κ1) is 12.7. The molecule has 0 radical (unpaired) electrons.